The third-order valence-corrected chi connectivity index (χ3v) is 9.56. The molecule has 0 bridgehead atoms. The number of carbonyl (C=O) groups is 1. The third kappa shape index (κ3) is 24.9. The Bertz CT molecular complexity index is 952. The van der Waals surface area contributed by atoms with Gasteiger partial charge in [-0.15, -0.1) is 0 Å². The molecule has 274 valence electrons. The van der Waals surface area contributed by atoms with E-state index in [9.17, 15) is 9.90 Å². The Hall–Kier alpha value is -2.17. The van der Waals surface area contributed by atoms with Crippen molar-refractivity contribution in [1.29, 1.82) is 0 Å². The second-order valence-corrected chi connectivity index (χ2v) is 14.1. The predicted octanol–water partition coefficient (Wildman–Crippen LogP) is 7.39. The molecule has 0 saturated heterocycles. The Kier molecular flexibility index (Phi) is 27.0. The number of aliphatic carboxylic acids is 1. The maximum Gasteiger partial charge on any atom is 0.223 e. The first-order valence-electron chi connectivity index (χ1n) is 19.0. The van der Waals surface area contributed by atoms with Crippen molar-refractivity contribution in [3.8, 4) is 5.88 Å². The number of carbonyl (C=O) groups excluding carboxylic acids is 1. The summed E-state index contributed by atoms with van der Waals surface area (Å²) in [4.78, 5) is 20.9. The van der Waals surface area contributed by atoms with E-state index >= 15 is 0 Å². The second kappa shape index (κ2) is 30.9. The van der Waals surface area contributed by atoms with Crippen LogP contribution in [0.1, 0.15) is 135 Å². The van der Waals surface area contributed by atoms with Gasteiger partial charge in [0.25, 0.3) is 0 Å². The van der Waals surface area contributed by atoms with E-state index in [0.29, 0.717) is 32.1 Å². The van der Waals surface area contributed by atoms with E-state index < -0.39 is 5.97 Å². The molecule has 0 spiro atoms. The molecule has 48 heavy (non-hydrogen) atoms. The maximum absolute atomic E-state index is 10.5. The second-order valence-electron chi connectivity index (χ2n) is 12.9. The molecular formula is C38H66N4O5S. The smallest absolute Gasteiger partial charge is 0.223 e. The summed E-state index contributed by atoms with van der Waals surface area (Å²) in [7, 11) is 0. The number of hydrogen-bond acceptors (Lipinski definition) is 9. The molecule has 9 nitrogen and oxygen atoms in total. The molecule has 1 aromatic rings. The molecule has 1 aliphatic heterocycles. The monoisotopic (exact) mass is 690 g/mol. The lowest BCUT2D eigenvalue weighted by Crippen LogP contribution is -2.27. The molecule has 1 atom stereocenters. The average Bonchev–Trinajstić information content (AvgIpc) is 3.54. The van der Waals surface area contributed by atoms with Gasteiger partial charge in [-0.25, -0.2) is 9.97 Å². The quantitative estimate of drug-likeness (QED) is 0.0542. The molecule has 0 N–H and O–H groups in total. The third-order valence-electron chi connectivity index (χ3n) is 8.50. The Balaban J connectivity index is 1.44. The van der Waals surface area contributed by atoms with Crippen molar-refractivity contribution in [2.24, 2.45) is 0 Å². The van der Waals surface area contributed by atoms with Crippen LogP contribution in [0.4, 0.5) is 0 Å². The summed E-state index contributed by atoms with van der Waals surface area (Å²) < 4.78 is 20.2. The van der Waals surface area contributed by atoms with Crippen LogP contribution in [-0.4, -0.2) is 88.9 Å². The first-order valence-corrected chi connectivity index (χ1v) is 20.2. The van der Waals surface area contributed by atoms with Crippen molar-refractivity contribution in [1.82, 2.24) is 14.9 Å². The van der Waals surface area contributed by atoms with Crippen molar-refractivity contribution in [3.05, 3.63) is 31.0 Å². The van der Waals surface area contributed by atoms with Gasteiger partial charge in [0.1, 0.15) is 18.6 Å². The molecule has 0 saturated carbocycles. The van der Waals surface area contributed by atoms with Crippen molar-refractivity contribution in [2.75, 3.05) is 51.1 Å². The fourth-order valence-corrected chi connectivity index (χ4v) is 6.47. The number of carboxylic acids is 1. The van der Waals surface area contributed by atoms with Gasteiger partial charge >= 0.3 is 0 Å². The molecule has 1 unspecified atom stereocenters. The first kappa shape index (κ1) is 42.0. The Morgan fingerprint density at radius 1 is 0.917 bits per heavy atom. The molecule has 2 heterocycles. The van der Waals surface area contributed by atoms with Gasteiger partial charge < -0.3 is 29.0 Å². The fourth-order valence-electron chi connectivity index (χ4n) is 5.64. The zero-order valence-corrected chi connectivity index (χ0v) is 30.9. The highest BCUT2D eigenvalue weighted by atomic mass is 32.2. The highest BCUT2D eigenvalue weighted by Crippen LogP contribution is 2.15. The van der Waals surface area contributed by atoms with Crippen LogP contribution >= 0.6 is 11.8 Å². The van der Waals surface area contributed by atoms with Crippen molar-refractivity contribution in [3.63, 3.8) is 0 Å². The highest BCUT2D eigenvalue weighted by Gasteiger charge is 2.15. The van der Waals surface area contributed by atoms with Crippen LogP contribution in [0.2, 0.25) is 0 Å². The molecule has 0 aromatic carbocycles. The Morgan fingerprint density at radius 2 is 1.60 bits per heavy atom. The average molecular weight is 691 g/mol. The molecular weight excluding hydrogens is 625 g/mol. The van der Waals surface area contributed by atoms with E-state index in [0.717, 1.165) is 50.6 Å². The predicted molar refractivity (Wildman–Crippen MR) is 195 cm³/mol. The number of aromatic nitrogens is 2. The molecule has 0 fully saturated rings. The van der Waals surface area contributed by atoms with Crippen LogP contribution in [0, 0.1) is 0 Å². The van der Waals surface area contributed by atoms with Gasteiger partial charge in [-0.05, 0) is 25.7 Å². The lowest BCUT2D eigenvalue weighted by atomic mass is 10.0. The summed E-state index contributed by atoms with van der Waals surface area (Å²) in [5.41, 5.74) is 0. The van der Waals surface area contributed by atoms with Gasteiger partial charge in [0.05, 0.1) is 26.0 Å². The molecule has 10 heteroatoms. The van der Waals surface area contributed by atoms with E-state index in [1.54, 1.807) is 12.3 Å². The van der Waals surface area contributed by atoms with E-state index in [-0.39, 0.29) is 12.5 Å². The van der Waals surface area contributed by atoms with Crippen LogP contribution in [0.5, 0.6) is 5.88 Å². The van der Waals surface area contributed by atoms with Crippen LogP contribution < -0.4 is 9.84 Å². The Labute approximate surface area is 296 Å². The van der Waals surface area contributed by atoms with Crippen molar-refractivity contribution >= 4 is 23.9 Å². The van der Waals surface area contributed by atoms with E-state index in [1.807, 2.05) is 11.8 Å². The minimum atomic E-state index is -0.971. The number of thioether (sulfide) groups is 1. The fraction of sp³-hybridized carbons (Fsp3) is 0.789. The van der Waals surface area contributed by atoms with Crippen LogP contribution in [0.3, 0.4) is 0 Å². The summed E-state index contributed by atoms with van der Waals surface area (Å²) >= 11 is 1.81. The molecule has 1 aromatic heterocycles. The van der Waals surface area contributed by atoms with Crippen molar-refractivity contribution < 1.29 is 28.7 Å². The number of rotatable bonds is 34. The number of unbranched alkanes of at least 4 members (excludes halogenated alkanes) is 17. The van der Waals surface area contributed by atoms with Gasteiger partial charge in [-0.2, -0.15) is 16.3 Å². The number of carboxylic acid groups (broad SMARTS) is 1. The first-order chi connectivity index (χ1) is 23.7. The standard InChI is InChI=1S/C38H66N4O5S/c1-2-3-4-5-6-7-8-9-10-11-12-13-14-15-16-20-28-46-32-36(47-37-22-23-39-34-40-37)33-48-31-30-45-29-27-42-26-25-41(35-42)24-19-17-18-21-38(43)44/h22-26,34,36H,2-21,27-33,35H2,1H3. The lowest BCUT2D eigenvalue weighted by Gasteiger charge is -2.18. The van der Waals surface area contributed by atoms with Gasteiger partial charge in [-0.3, -0.25) is 0 Å². The minimum absolute atomic E-state index is 0.0660. The normalized spacial score (nSPS) is 14.3. The number of nitrogens with zero attached hydrogens (tertiary/aromatic N) is 4. The largest absolute Gasteiger partial charge is 0.550 e. The van der Waals surface area contributed by atoms with Crippen molar-refractivity contribution in [2.45, 2.75) is 141 Å². The van der Waals surface area contributed by atoms with Crippen LogP contribution in [0.15, 0.2) is 31.0 Å². The Morgan fingerprint density at radius 3 is 2.25 bits per heavy atom. The molecule has 0 radical (unpaired) electrons. The molecule has 0 amide bonds. The molecule has 1 aliphatic rings. The number of hydrogen-bond donors (Lipinski definition) is 0. The van der Waals surface area contributed by atoms with Crippen LogP contribution in [-0.2, 0) is 14.3 Å². The van der Waals surface area contributed by atoms with E-state index in [1.165, 1.54) is 103 Å². The van der Waals surface area contributed by atoms with Gasteiger partial charge in [-0.1, -0.05) is 103 Å². The molecule has 0 aliphatic carbocycles. The minimum Gasteiger partial charge on any atom is -0.550 e. The zero-order chi connectivity index (χ0) is 34.2. The SMILES string of the molecule is CCCCCCCCCCCCCCCCCCOCC(CSCCOCCN1C=C[N+](=CCCCCC(=O)[O-])C1)Oc1ccncn1. The van der Waals surface area contributed by atoms with Gasteiger partial charge in [0.2, 0.25) is 12.5 Å². The summed E-state index contributed by atoms with van der Waals surface area (Å²) in [6.07, 6.45) is 33.8. The zero-order valence-electron chi connectivity index (χ0n) is 30.1. The topological polar surface area (TPSA) is 99.9 Å². The van der Waals surface area contributed by atoms with Gasteiger partial charge in [0, 0.05) is 49.3 Å². The summed E-state index contributed by atoms with van der Waals surface area (Å²) in [6, 6.07) is 1.79. The maximum atomic E-state index is 10.5. The van der Waals surface area contributed by atoms with E-state index in [2.05, 4.69) is 45.0 Å². The van der Waals surface area contributed by atoms with Gasteiger partial charge in [0.15, 0.2) is 6.20 Å². The van der Waals surface area contributed by atoms with E-state index in [4.69, 9.17) is 14.2 Å². The summed E-state index contributed by atoms with van der Waals surface area (Å²) in [6.45, 7) is 6.63. The summed E-state index contributed by atoms with van der Waals surface area (Å²) in [5.74, 6) is 1.32. The lowest BCUT2D eigenvalue weighted by molar-refractivity contribution is -0.460. The summed E-state index contributed by atoms with van der Waals surface area (Å²) in [5, 5.41) is 10.5. The molecule has 2 rings (SSSR count). The number of ether oxygens (including phenoxy) is 3. The highest BCUT2D eigenvalue weighted by molar-refractivity contribution is 7.99. The van der Waals surface area contributed by atoms with Crippen LogP contribution in [0.25, 0.3) is 0 Å².